The molecule has 1 aliphatic rings. The Labute approximate surface area is 211 Å². The number of anilines is 3. The van der Waals surface area contributed by atoms with Gasteiger partial charge in [0.25, 0.3) is 5.91 Å². The number of nitrogen functional groups attached to an aromatic ring is 1. The Morgan fingerprint density at radius 1 is 1.21 bits per heavy atom. The number of aliphatic hydroxyl groups is 1. The molecule has 178 valence electrons. The summed E-state index contributed by atoms with van der Waals surface area (Å²) in [6.07, 6.45) is 5.54. The number of hydrogen-bond acceptors (Lipinski definition) is 9. The molecule has 1 fully saturated rings. The summed E-state index contributed by atoms with van der Waals surface area (Å²) >= 11 is 2.04. The van der Waals surface area contributed by atoms with Gasteiger partial charge in [-0.3, -0.25) is 13.3 Å². The summed E-state index contributed by atoms with van der Waals surface area (Å²) in [5.41, 5.74) is 9.91. The normalized spacial score (nSPS) is 14.6. The van der Waals surface area contributed by atoms with Crippen molar-refractivity contribution < 1.29 is 14.6 Å². The van der Waals surface area contributed by atoms with Crippen molar-refractivity contribution in [1.29, 1.82) is 0 Å². The number of amides is 1. The molecule has 1 saturated heterocycles. The molecular weight excluding hydrogens is 549 g/mol. The summed E-state index contributed by atoms with van der Waals surface area (Å²) in [4.78, 5) is 28.1. The van der Waals surface area contributed by atoms with E-state index in [0.717, 1.165) is 29.9 Å². The van der Waals surface area contributed by atoms with E-state index in [1.54, 1.807) is 18.6 Å². The van der Waals surface area contributed by atoms with E-state index in [9.17, 15) is 9.90 Å². The maximum Gasteiger partial charge on any atom is 0.278 e. The van der Waals surface area contributed by atoms with Crippen molar-refractivity contribution in [2.75, 3.05) is 48.9 Å². The van der Waals surface area contributed by atoms with Crippen molar-refractivity contribution in [1.82, 2.24) is 18.5 Å². The number of nitrogens with one attached hydrogen (secondary N) is 2. The summed E-state index contributed by atoms with van der Waals surface area (Å²) in [5, 5.41) is 12.3. The fraction of sp³-hybridized carbons (Fsp3) is 0.304. The third kappa shape index (κ3) is 5.78. The fourth-order valence-electron chi connectivity index (χ4n) is 3.68. The number of rotatable bonds is 8. The Morgan fingerprint density at radius 2 is 1.97 bits per heavy atom. The molecule has 34 heavy (non-hydrogen) atoms. The molecule has 11 heteroatoms. The molecule has 4 rings (SSSR count). The van der Waals surface area contributed by atoms with Gasteiger partial charge in [-0.1, -0.05) is 24.3 Å². The van der Waals surface area contributed by atoms with Gasteiger partial charge in [0.15, 0.2) is 11.5 Å². The molecule has 0 unspecified atom stereocenters. The number of pyridine rings is 1. The maximum atomic E-state index is 13.1. The third-order valence-electron chi connectivity index (χ3n) is 5.52. The van der Waals surface area contributed by atoms with E-state index in [0.29, 0.717) is 31.0 Å². The zero-order chi connectivity index (χ0) is 23.9. The molecule has 10 nitrogen and oxygen atoms in total. The van der Waals surface area contributed by atoms with E-state index in [1.807, 2.05) is 53.2 Å². The Balaban J connectivity index is 1.53. The zero-order valence-electron chi connectivity index (χ0n) is 18.4. The summed E-state index contributed by atoms with van der Waals surface area (Å²) in [6, 6.07) is 9.60. The highest BCUT2D eigenvalue weighted by molar-refractivity contribution is 14.1. The number of aromatic nitrogens is 3. The Hall–Kier alpha value is -2.87. The third-order valence-corrected chi connectivity index (χ3v) is 6.40. The summed E-state index contributed by atoms with van der Waals surface area (Å²) in [5.74, 6) is -0.404. The minimum atomic E-state index is -0.454. The number of carbonyl (C=O) groups excluding carboxylic acids is 1. The van der Waals surface area contributed by atoms with Crippen molar-refractivity contribution >= 4 is 46.0 Å². The van der Waals surface area contributed by atoms with Crippen LogP contribution in [0.2, 0.25) is 0 Å². The highest BCUT2D eigenvalue weighted by Crippen LogP contribution is 2.27. The van der Waals surface area contributed by atoms with Gasteiger partial charge in [0.1, 0.15) is 0 Å². The van der Waals surface area contributed by atoms with Crippen LogP contribution in [-0.2, 0) is 11.2 Å². The number of nitrogens with two attached hydrogens (primary N) is 1. The minimum Gasteiger partial charge on any atom is -0.395 e. The lowest BCUT2D eigenvalue weighted by Gasteiger charge is -2.30. The van der Waals surface area contributed by atoms with Gasteiger partial charge in [0, 0.05) is 53.8 Å². The SMILES string of the molecule is Nc1ncc(-c2ccc(C[C@H](CO)NI)cc2)nc1C(=O)Nc1cnccc1N1CCOCC1. The zero-order valence-corrected chi connectivity index (χ0v) is 20.6. The van der Waals surface area contributed by atoms with Crippen LogP contribution in [-0.4, -0.2) is 64.9 Å². The van der Waals surface area contributed by atoms with Crippen molar-refractivity contribution in [3.63, 3.8) is 0 Å². The highest BCUT2D eigenvalue weighted by atomic mass is 127. The van der Waals surface area contributed by atoms with Crippen molar-refractivity contribution in [2.24, 2.45) is 0 Å². The maximum absolute atomic E-state index is 13.1. The van der Waals surface area contributed by atoms with Crippen LogP contribution in [0.1, 0.15) is 16.1 Å². The van der Waals surface area contributed by atoms with Gasteiger partial charge in [-0.15, -0.1) is 0 Å². The second-order valence-electron chi connectivity index (χ2n) is 7.83. The van der Waals surface area contributed by atoms with Gasteiger partial charge in [-0.2, -0.15) is 0 Å². The first-order valence-corrected chi connectivity index (χ1v) is 11.9. The molecule has 5 N–H and O–H groups in total. The van der Waals surface area contributed by atoms with Crippen molar-refractivity contribution in [3.05, 3.63) is 60.2 Å². The van der Waals surface area contributed by atoms with E-state index in [1.165, 1.54) is 0 Å². The van der Waals surface area contributed by atoms with Crippen LogP contribution >= 0.6 is 22.9 Å². The van der Waals surface area contributed by atoms with Crippen LogP contribution < -0.4 is 19.5 Å². The van der Waals surface area contributed by atoms with Crippen molar-refractivity contribution in [2.45, 2.75) is 12.5 Å². The molecule has 0 bridgehead atoms. The number of benzene rings is 1. The molecule has 1 aromatic carbocycles. The predicted molar refractivity (Wildman–Crippen MR) is 139 cm³/mol. The molecule has 0 saturated carbocycles. The number of halogens is 1. The molecule has 3 aromatic rings. The molecule has 1 amide bonds. The van der Waals surface area contributed by atoms with Gasteiger partial charge in [-0.05, 0) is 18.1 Å². The number of hydrogen-bond donors (Lipinski definition) is 4. The quantitative estimate of drug-likeness (QED) is 0.235. The number of aliphatic hydroxyl groups excluding tert-OH is 1. The van der Waals surface area contributed by atoms with E-state index in [-0.39, 0.29) is 24.2 Å². The van der Waals surface area contributed by atoms with Crippen LogP contribution in [0, 0.1) is 0 Å². The first-order valence-electron chi connectivity index (χ1n) is 10.9. The van der Waals surface area contributed by atoms with E-state index >= 15 is 0 Å². The topological polar surface area (TPSA) is 139 Å². The smallest absolute Gasteiger partial charge is 0.278 e. The lowest BCUT2D eigenvalue weighted by atomic mass is 10.0. The van der Waals surface area contributed by atoms with Crippen molar-refractivity contribution in [3.8, 4) is 11.3 Å². The molecule has 0 radical (unpaired) electrons. The molecule has 3 heterocycles. The van der Waals surface area contributed by atoms with E-state index in [4.69, 9.17) is 10.5 Å². The van der Waals surface area contributed by atoms with Crippen LogP contribution in [0.15, 0.2) is 48.9 Å². The highest BCUT2D eigenvalue weighted by Gasteiger charge is 2.20. The minimum absolute atomic E-state index is 0.0205. The van der Waals surface area contributed by atoms with Gasteiger partial charge in [0.2, 0.25) is 0 Å². The summed E-state index contributed by atoms with van der Waals surface area (Å²) in [6.45, 7) is 2.77. The Morgan fingerprint density at radius 3 is 2.68 bits per heavy atom. The van der Waals surface area contributed by atoms with Crippen LogP contribution in [0.4, 0.5) is 17.2 Å². The Bertz CT molecular complexity index is 1120. The second kappa shape index (κ2) is 11.5. The summed E-state index contributed by atoms with van der Waals surface area (Å²) in [7, 11) is 0. The van der Waals surface area contributed by atoms with Gasteiger partial charge in [-0.25, -0.2) is 9.97 Å². The van der Waals surface area contributed by atoms with Gasteiger partial charge in [0.05, 0.1) is 49.3 Å². The molecule has 0 spiro atoms. The number of morpholine rings is 1. The van der Waals surface area contributed by atoms with Gasteiger partial charge >= 0.3 is 0 Å². The molecule has 2 aromatic heterocycles. The van der Waals surface area contributed by atoms with E-state index in [2.05, 4.69) is 28.7 Å². The number of ether oxygens (including phenoxy) is 1. The average Bonchev–Trinajstić information content (AvgIpc) is 2.89. The molecule has 0 aliphatic carbocycles. The summed E-state index contributed by atoms with van der Waals surface area (Å²) < 4.78 is 8.47. The first-order chi connectivity index (χ1) is 16.6. The first kappa shape index (κ1) is 24.3. The monoisotopic (exact) mass is 575 g/mol. The Kier molecular flexibility index (Phi) is 8.21. The lowest BCUT2D eigenvalue weighted by molar-refractivity contribution is 0.102. The average molecular weight is 575 g/mol. The van der Waals surface area contributed by atoms with Crippen LogP contribution in [0.5, 0.6) is 0 Å². The lowest BCUT2D eigenvalue weighted by Crippen LogP contribution is -2.36. The number of carbonyl (C=O) groups is 1. The standard InChI is InChI=1S/C23H26IN7O3/c24-30-17(14-32)11-15-1-3-16(4-2-15)18-13-27-22(25)21(28-18)23(33)29-19-12-26-6-5-20(19)31-7-9-34-10-8-31/h1-6,12-13,17,30,32H,7-11,14H2,(H2,25,27)(H,29,33)/t17-/m1/s1. The van der Waals surface area contributed by atoms with Crippen LogP contribution in [0.25, 0.3) is 11.3 Å². The number of nitrogens with zero attached hydrogens (tertiary/aromatic N) is 4. The molecular formula is C23H26IN7O3. The largest absolute Gasteiger partial charge is 0.395 e. The van der Waals surface area contributed by atoms with Gasteiger partial charge < -0.3 is 25.8 Å². The second-order valence-corrected chi connectivity index (χ2v) is 8.45. The van der Waals surface area contributed by atoms with Crippen LogP contribution in [0.3, 0.4) is 0 Å². The molecule has 1 aliphatic heterocycles. The molecule has 1 atom stereocenters. The predicted octanol–water partition coefficient (Wildman–Crippen LogP) is 2.05. The fourth-order valence-corrected chi connectivity index (χ4v) is 4.10. The van der Waals surface area contributed by atoms with E-state index < -0.39 is 5.91 Å².